The molecule has 6 heteroatoms. The van der Waals surface area contributed by atoms with Crippen LogP contribution in [0.2, 0.25) is 0 Å². The summed E-state index contributed by atoms with van der Waals surface area (Å²) in [5.41, 5.74) is 5.60. The molecule has 98 valence electrons. The van der Waals surface area contributed by atoms with Crippen molar-refractivity contribution in [1.82, 2.24) is 4.90 Å². The van der Waals surface area contributed by atoms with E-state index >= 15 is 0 Å². The molecule has 0 aromatic rings. The number of amides is 1. The molecule has 0 aliphatic carbocycles. The molecular formula is C10H21ClF2N2O. The van der Waals surface area contributed by atoms with E-state index in [0.29, 0.717) is 19.4 Å². The lowest BCUT2D eigenvalue weighted by Gasteiger charge is -2.24. The van der Waals surface area contributed by atoms with Gasteiger partial charge in [0.2, 0.25) is 5.91 Å². The first-order chi connectivity index (χ1) is 7.02. The van der Waals surface area contributed by atoms with Crippen molar-refractivity contribution in [2.45, 2.75) is 45.6 Å². The molecule has 0 aliphatic heterocycles. The van der Waals surface area contributed by atoms with Crippen LogP contribution in [0.4, 0.5) is 8.78 Å². The molecule has 0 aromatic heterocycles. The third-order valence-corrected chi connectivity index (χ3v) is 2.08. The van der Waals surface area contributed by atoms with Crippen molar-refractivity contribution in [3.05, 3.63) is 0 Å². The summed E-state index contributed by atoms with van der Waals surface area (Å²) in [4.78, 5) is 12.8. The molecule has 1 unspecified atom stereocenters. The number of rotatable bonds is 7. The first-order valence-corrected chi connectivity index (χ1v) is 5.35. The van der Waals surface area contributed by atoms with Crippen molar-refractivity contribution in [1.29, 1.82) is 0 Å². The van der Waals surface area contributed by atoms with Gasteiger partial charge in [-0.05, 0) is 12.8 Å². The SMILES string of the molecule is CCCC(N)C(=O)N(CCC)CC(F)F.Cl. The standard InChI is InChI=1S/C10H20F2N2O.ClH/c1-3-5-8(13)10(15)14(6-4-2)7-9(11)12;/h8-9H,3-7,13H2,1-2H3;1H. The fraction of sp³-hybridized carbons (Fsp3) is 0.900. The molecule has 0 aromatic carbocycles. The minimum atomic E-state index is -2.49. The topological polar surface area (TPSA) is 46.3 Å². The van der Waals surface area contributed by atoms with Gasteiger partial charge < -0.3 is 10.6 Å². The molecule has 0 aliphatic rings. The lowest BCUT2D eigenvalue weighted by molar-refractivity contribution is -0.134. The van der Waals surface area contributed by atoms with Crippen LogP contribution >= 0.6 is 12.4 Å². The van der Waals surface area contributed by atoms with Crippen LogP contribution in [0.1, 0.15) is 33.1 Å². The highest BCUT2D eigenvalue weighted by Gasteiger charge is 2.22. The van der Waals surface area contributed by atoms with E-state index in [0.717, 1.165) is 11.3 Å². The lowest BCUT2D eigenvalue weighted by atomic mass is 10.1. The molecule has 0 heterocycles. The fourth-order valence-electron chi connectivity index (χ4n) is 1.40. The number of nitrogens with zero attached hydrogens (tertiary/aromatic N) is 1. The van der Waals surface area contributed by atoms with Crippen LogP contribution in [0.15, 0.2) is 0 Å². The summed E-state index contributed by atoms with van der Waals surface area (Å²) in [6, 6.07) is -0.639. The van der Waals surface area contributed by atoms with Crippen LogP contribution in [0.5, 0.6) is 0 Å². The Kier molecular flexibility index (Phi) is 11.0. The Hall–Kier alpha value is -0.420. The minimum absolute atomic E-state index is 0. The largest absolute Gasteiger partial charge is 0.336 e. The van der Waals surface area contributed by atoms with Gasteiger partial charge in [-0.1, -0.05) is 20.3 Å². The summed E-state index contributed by atoms with van der Waals surface area (Å²) >= 11 is 0. The second-order valence-electron chi connectivity index (χ2n) is 3.57. The summed E-state index contributed by atoms with van der Waals surface area (Å²) < 4.78 is 24.4. The monoisotopic (exact) mass is 258 g/mol. The number of carbonyl (C=O) groups excluding carboxylic acids is 1. The molecule has 3 nitrogen and oxygen atoms in total. The first-order valence-electron chi connectivity index (χ1n) is 5.35. The van der Waals surface area contributed by atoms with Gasteiger partial charge in [0.05, 0.1) is 12.6 Å². The minimum Gasteiger partial charge on any atom is -0.336 e. The van der Waals surface area contributed by atoms with Crippen molar-refractivity contribution in [2.24, 2.45) is 5.73 Å². The van der Waals surface area contributed by atoms with Gasteiger partial charge in [-0.15, -0.1) is 12.4 Å². The highest BCUT2D eigenvalue weighted by Crippen LogP contribution is 2.05. The normalized spacial score (nSPS) is 12.1. The number of alkyl halides is 2. The number of carbonyl (C=O) groups is 1. The Morgan fingerprint density at radius 1 is 1.31 bits per heavy atom. The van der Waals surface area contributed by atoms with Gasteiger partial charge in [-0.3, -0.25) is 4.79 Å². The highest BCUT2D eigenvalue weighted by molar-refractivity contribution is 5.85. The van der Waals surface area contributed by atoms with E-state index in [1.807, 2.05) is 13.8 Å². The second-order valence-corrected chi connectivity index (χ2v) is 3.57. The molecule has 0 spiro atoms. The van der Waals surface area contributed by atoms with Gasteiger partial charge in [0.25, 0.3) is 6.43 Å². The van der Waals surface area contributed by atoms with Gasteiger partial charge in [0.15, 0.2) is 0 Å². The lowest BCUT2D eigenvalue weighted by Crippen LogP contribution is -2.45. The summed E-state index contributed by atoms with van der Waals surface area (Å²) in [5, 5.41) is 0. The molecule has 2 N–H and O–H groups in total. The third kappa shape index (κ3) is 6.95. The Morgan fingerprint density at radius 3 is 2.25 bits per heavy atom. The van der Waals surface area contributed by atoms with E-state index in [2.05, 4.69) is 0 Å². The molecule has 16 heavy (non-hydrogen) atoms. The van der Waals surface area contributed by atoms with Gasteiger partial charge in [0.1, 0.15) is 0 Å². The second kappa shape index (κ2) is 9.78. The van der Waals surface area contributed by atoms with Gasteiger partial charge in [-0.2, -0.15) is 0 Å². The van der Waals surface area contributed by atoms with Crippen LogP contribution in [0.25, 0.3) is 0 Å². The molecule has 1 atom stereocenters. The maximum atomic E-state index is 12.2. The van der Waals surface area contributed by atoms with Crippen molar-refractivity contribution < 1.29 is 13.6 Å². The maximum Gasteiger partial charge on any atom is 0.255 e. The molecule has 0 rings (SSSR count). The number of halogens is 3. The van der Waals surface area contributed by atoms with Crippen LogP contribution < -0.4 is 5.73 Å². The fourth-order valence-corrected chi connectivity index (χ4v) is 1.40. The van der Waals surface area contributed by atoms with Crippen molar-refractivity contribution in [2.75, 3.05) is 13.1 Å². The molecule has 1 amide bonds. The summed E-state index contributed by atoms with van der Waals surface area (Å²) in [6.07, 6.45) is -0.504. The van der Waals surface area contributed by atoms with Crippen LogP contribution in [0, 0.1) is 0 Å². The number of hydrogen-bond acceptors (Lipinski definition) is 2. The van der Waals surface area contributed by atoms with E-state index in [4.69, 9.17) is 5.73 Å². The first kappa shape index (κ1) is 18.0. The molecule has 0 fully saturated rings. The van der Waals surface area contributed by atoms with E-state index in [-0.39, 0.29) is 18.3 Å². The summed E-state index contributed by atoms with van der Waals surface area (Å²) in [7, 11) is 0. The highest BCUT2D eigenvalue weighted by atomic mass is 35.5. The van der Waals surface area contributed by atoms with Crippen molar-refractivity contribution in [3.63, 3.8) is 0 Å². The van der Waals surface area contributed by atoms with Gasteiger partial charge in [-0.25, -0.2) is 8.78 Å². The van der Waals surface area contributed by atoms with E-state index in [9.17, 15) is 13.6 Å². The zero-order valence-electron chi connectivity index (χ0n) is 9.79. The van der Waals surface area contributed by atoms with E-state index in [1.54, 1.807) is 0 Å². The maximum absolute atomic E-state index is 12.2. The Bertz CT molecular complexity index is 194. The van der Waals surface area contributed by atoms with Crippen molar-refractivity contribution >= 4 is 18.3 Å². The van der Waals surface area contributed by atoms with E-state index in [1.165, 1.54) is 0 Å². The van der Waals surface area contributed by atoms with E-state index < -0.39 is 19.0 Å². The zero-order valence-corrected chi connectivity index (χ0v) is 10.6. The predicted molar refractivity (Wildman–Crippen MR) is 63.0 cm³/mol. The average Bonchev–Trinajstić information content (AvgIpc) is 2.16. The van der Waals surface area contributed by atoms with Gasteiger partial charge in [0, 0.05) is 6.54 Å². The van der Waals surface area contributed by atoms with Crippen LogP contribution in [0.3, 0.4) is 0 Å². The summed E-state index contributed by atoms with van der Waals surface area (Å²) in [5.74, 6) is -0.362. The Morgan fingerprint density at radius 2 is 1.88 bits per heavy atom. The smallest absolute Gasteiger partial charge is 0.255 e. The molecule has 0 saturated carbocycles. The number of hydrogen-bond donors (Lipinski definition) is 1. The predicted octanol–water partition coefficient (Wildman–Crippen LogP) is 2.04. The molecule has 0 saturated heterocycles. The Labute approximate surface area is 102 Å². The van der Waals surface area contributed by atoms with Crippen molar-refractivity contribution in [3.8, 4) is 0 Å². The number of nitrogens with two attached hydrogens (primary N) is 1. The average molecular weight is 259 g/mol. The van der Waals surface area contributed by atoms with Crippen LogP contribution in [-0.4, -0.2) is 36.4 Å². The molecule has 0 bridgehead atoms. The zero-order chi connectivity index (χ0) is 11.8. The van der Waals surface area contributed by atoms with Crippen LogP contribution in [-0.2, 0) is 4.79 Å². The quantitative estimate of drug-likeness (QED) is 0.760. The third-order valence-electron chi connectivity index (χ3n) is 2.08. The summed E-state index contributed by atoms with van der Waals surface area (Å²) in [6.45, 7) is 3.59. The molecular weight excluding hydrogens is 238 g/mol. The van der Waals surface area contributed by atoms with Gasteiger partial charge >= 0.3 is 0 Å². The Balaban J connectivity index is 0. The molecule has 0 radical (unpaired) electrons.